The third kappa shape index (κ3) is 3.61. The van der Waals surface area contributed by atoms with Gasteiger partial charge in [0, 0.05) is 47.7 Å². The first-order chi connectivity index (χ1) is 10.2. The van der Waals surface area contributed by atoms with E-state index >= 15 is 0 Å². The van der Waals surface area contributed by atoms with Gasteiger partial charge in [-0.2, -0.15) is 0 Å². The van der Waals surface area contributed by atoms with Crippen molar-refractivity contribution in [3.05, 3.63) is 29.5 Å². The largest absolute Gasteiger partial charge is 0.379 e. The van der Waals surface area contributed by atoms with Crippen LogP contribution in [0, 0.1) is 13.8 Å². The third-order valence-corrected chi connectivity index (χ3v) is 4.94. The summed E-state index contributed by atoms with van der Waals surface area (Å²) in [6.45, 7) is 10.2. The lowest BCUT2D eigenvalue weighted by Gasteiger charge is -2.26. The number of aromatic nitrogens is 1. The average molecular weight is 305 g/mol. The zero-order valence-corrected chi connectivity index (χ0v) is 13.6. The minimum Gasteiger partial charge on any atom is -0.379 e. The van der Waals surface area contributed by atoms with Gasteiger partial charge in [0.2, 0.25) is 0 Å². The van der Waals surface area contributed by atoms with Crippen molar-refractivity contribution in [3.8, 4) is 0 Å². The summed E-state index contributed by atoms with van der Waals surface area (Å²) >= 11 is 1.72. The van der Waals surface area contributed by atoms with Crippen LogP contribution in [-0.2, 0) is 4.74 Å². The lowest BCUT2D eigenvalue weighted by Crippen LogP contribution is -2.39. The summed E-state index contributed by atoms with van der Waals surface area (Å²) in [6, 6.07) is 6.60. The van der Waals surface area contributed by atoms with Gasteiger partial charge in [0.15, 0.2) is 0 Å². The second-order valence-corrected chi connectivity index (χ2v) is 6.50. The molecule has 1 saturated heterocycles. The molecule has 3 rings (SSSR count). The normalized spacial score (nSPS) is 16.7. The Labute approximate surface area is 130 Å². The van der Waals surface area contributed by atoms with Crippen LogP contribution in [0.15, 0.2) is 23.1 Å². The molecule has 0 aliphatic carbocycles. The van der Waals surface area contributed by atoms with Gasteiger partial charge < -0.3 is 9.72 Å². The summed E-state index contributed by atoms with van der Waals surface area (Å²) in [5.74, 6) is 0. The van der Waals surface area contributed by atoms with Gasteiger partial charge in [-0.25, -0.2) is 0 Å². The Morgan fingerprint density at radius 2 is 2.10 bits per heavy atom. The Balaban J connectivity index is 1.52. The molecule has 0 unspecified atom stereocenters. The second-order valence-electron chi connectivity index (χ2n) is 5.53. The zero-order chi connectivity index (χ0) is 14.7. The van der Waals surface area contributed by atoms with Gasteiger partial charge in [-0.05, 0) is 49.6 Å². The van der Waals surface area contributed by atoms with Gasteiger partial charge in [0.1, 0.15) is 0 Å². The topological polar surface area (TPSA) is 40.3 Å². The molecular formula is C16H23N3OS. The van der Waals surface area contributed by atoms with Gasteiger partial charge in [0.05, 0.1) is 13.2 Å². The van der Waals surface area contributed by atoms with Crippen molar-refractivity contribution in [3.63, 3.8) is 0 Å². The maximum Gasteiger partial charge on any atom is 0.0594 e. The fourth-order valence-corrected chi connectivity index (χ4v) is 3.34. The number of ether oxygens (including phenoxy) is 1. The third-order valence-electron chi connectivity index (χ3n) is 4.10. The molecular weight excluding hydrogens is 282 g/mol. The quantitative estimate of drug-likeness (QED) is 0.658. The number of hydrogen-bond donors (Lipinski definition) is 2. The van der Waals surface area contributed by atoms with E-state index in [9.17, 15) is 0 Å². The highest BCUT2D eigenvalue weighted by Gasteiger charge is 2.09. The maximum absolute atomic E-state index is 5.36. The smallest absolute Gasteiger partial charge is 0.0594 e. The summed E-state index contributed by atoms with van der Waals surface area (Å²) in [4.78, 5) is 7.13. The first-order valence-electron chi connectivity index (χ1n) is 7.53. The average Bonchev–Trinajstić information content (AvgIpc) is 2.80. The van der Waals surface area contributed by atoms with Gasteiger partial charge in [-0.3, -0.25) is 9.62 Å². The van der Waals surface area contributed by atoms with Crippen LogP contribution in [0.4, 0.5) is 0 Å². The Bertz CT molecular complexity index is 605. The van der Waals surface area contributed by atoms with Gasteiger partial charge >= 0.3 is 0 Å². The summed E-state index contributed by atoms with van der Waals surface area (Å²) in [7, 11) is 0. The summed E-state index contributed by atoms with van der Waals surface area (Å²) in [6.07, 6.45) is 0. The van der Waals surface area contributed by atoms with Gasteiger partial charge in [-0.1, -0.05) is 0 Å². The number of fused-ring (bicyclic) bond motifs is 1. The zero-order valence-electron chi connectivity index (χ0n) is 12.7. The van der Waals surface area contributed by atoms with Crippen LogP contribution in [0.5, 0.6) is 0 Å². The molecule has 114 valence electrons. The van der Waals surface area contributed by atoms with Crippen molar-refractivity contribution >= 4 is 22.9 Å². The molecule has 0 saturated carbocycles. The first kappa shape index (κ1) is 14.9. The molecule has 21 heavy (non-hydrogen) atoms. The van der Waals surface area contributed by atoms with Crippen LogP contribution in [0.25, 0.3) is 10.9 Å². The van der Waals surface area contributed by atoms with Crippen molar-refractivity contribution in [2.24, 2.45) is 0 Å². The highest BCUT2D eigenvalue weighted by atomic mass is 32.2. The molecule has 1 aromatic carbocycles. The molecule has 4 nitrogen and oxygen atoms in total. The number of morpholine rings is 1. The van der Waals surface area contributed by atoms with E-state index in [4.69, 9.17) is 4.74 Å². The maximum atomic E-state index is 5.36. The van der Waals surface area contributed by atoms with Crippen molar-refractivity contribution in [1.29, 1.82) is 0 Å². The molecule has 2 heterocycles. The number of H-pyrrole nitrogens is 1. The summed E-state index contributed by atoms with van der Waals surface area (Å²) in [5, 5.41) is 1.33. The van der Waals surface area contributed by atoms with Gasteiger partial charge in [0.25, 0.3) is 0 Å². The molecule has 0 amide bonds. The monoisotopic (exact) mass is 305 g/mol. The van der Waals surface area contributed by atoms with Crippen molar-refractivity contribution in [1.82, 2.24) is 14.6 Å². The molecule has 5 heteroatoms. The van der Waals surface area contributed by atoms with E-state index in [0.717, 1.165) is 39.4 Å². The Morgan fingerprint density at radius 1 is 1.29 bits per heavy atom. The van der Waals surface area contributed by atoms with Crippen LogP contribution in [-0.4, -0.2) is 49.3 Å². The van der Waals surface area contributed by atoms with Crippen LogP contribution in [0.2, 0.25) is 0 Å². The van der Waals surface area contributed by atoms with E-state index in [2.05, 4.69) is 46.7 Å². The van der Waals surface area contributed by atoms with E-state index in [1.54, 1.807) is 11.9 Å². The van der Waals surface area contributed by atoms with E-state index < -0.39 is 0 Å². The SMILES string of the molecule is Cc1[nH]c2ccc(SNCCN3CCOCC3)cc2c1C. The van der Waals surface area contributed by atoms with Gasteiger partial charge in [-0.15, -0.1) is 0 Å². The Hall–Kier alpha value is -1.01. The molecule has 0 bridgehead atoms. The van der Waals surface area contributed by atoms with E-state index in [0.29, 0.717) is 0 Å². The van der Waals surface area contributed by atoms with Crippen LogP contribution < -0.4 is 4.72 Å². The lowest BCUT2D eigenvalue weighted by molar-refractivity contribution is 0.0391. The number of hydrogen-bond acceptors (Lipinski definition) is 4. The second kappa shape index (κ2) is 6.83. The summed E-state index contributed by atoms with van der Waals surface area (Å²) < 4.78 is 8.82. The van der Waals surface area contributed by atoms with Crippen LogP contribution >= 0.6 is 11.9 Å². The Kier molecular flexibility index (Phi) is 4.85. The van der Waals surface area contributed by atoms with Crippen LogP contribution in [0.3, 0.4) is 0 Å². The number of nitrogens with one attached hydrogen (secondary N) is 2. The van der Waals surface area contributed by atoms with Crippen molar-refractivity contribution in [2.45, 2.75) is 18.7 Å². The molecule has 2 N–H and O–H groups in total. The molecule has 0 radical (unpaired) electrons. The minimum absolute atomic E-state index is 0.871. The standard InChI is InChI=1S/C16H23N3OS/c1-12-13(2)18-16-4-3-14(11-15(12)16)21-17-5-6-19-7-9-20-10-8-19/h3-4,11,17-18H,5-10H2,1-2H3. The molecule has 1 aromatic heterocycles. The highest BCUT2D eigenvalue weighted by molar-refractivity contribution is 7.97. The molecule has 2 aromatic rings. The Morgan fingerprint density at radius 3 is 2.90 bits per heavy atom. The molecule has 0 spiro atoms. The predicted molar refractivity (Wildman–Crippen MR) is 88.9 cm³/mol. The predicted octanol–water partition coefficient (Wildman–Crippen LogP) is 2.71. The molecule has 1 aliphatic heterocycles. The number of rotatable bonds is 5. The summed E-state index contributed by atoms with van der Waals surface area (Å²) in [5.41, 5.74) is 3.83. The van der Waals surface area contributed by atoms with Crippen molar-refractivity contribution in [2.75, 3.05) is 39.4 Å². The highest BCUT2D eigenvalue weighted by Crippen LogP contribution is 2.25. The number of aromatic amines is 1. The fraction of sp³-hybridized carbons (Fsp3) is 0.500. The van der Waals surface area contributed by atoms with E-state index in [1.165, 1.54) is 27.1 Å². The lowest BCUT2D eigenvalue weighted by atomic mass is 10.1. The molecule has 1 fully saturated rings. The van der Waals surface area contributed by atoms with Crippen LogP contribution in [0.1, 0.15) is 11.3 Å². The molecule has 1 aliphatic rings. The minimum atomic E-state index is 0.871. The number of benzene rings is 1. The first-order valence-corrected chi connectivity index (χ1v) is 8.34. The van der Waals surface area contributed by atoms with E-state index in [-0.39, 0.29) is 0 Å². The molecule has 0 atom stereocenters. The fourth-order valence-electron chi connectivity index (χ4n) is 2.67. The number of nitrogens with zero attached hydrogens (tertiary/aromatic N) is 1. The number of aryl methyl sites for hydroxylation is 2. The van der Waals surface area contributed by atoms with E-state index in [1.807, 2.05) is 0 Å². The van der Waals surface area contributed by atoms with Crippen molar-refractivity contribution < 1.29 is 4.74 Å².